The first kappa shape index (κ1) is 19.1. The van der Waals surface area contributed by atoms with Crippen LogP contribution in [0.15, 0.2) is 77.7 Å². The number of fused-ring (bicyclic) bond motifs is 1. The average Bonchev–Trinajstić information content (AvgIpc) is 2.71. The number of halogens is 2. The first-order valence-corrected chi connectivity index (χ1v) is 10.2. The normalized spacial score (nSPS) is 15.3. The van der Waals surface area contributed by atoms with Crippen LogP contribution in [0.3, 0.4) is 0 Å². The highest BCUT2D eigenvalue weighted by Crippen LogP contribution is 2.36. The molecule has 0 radical (unpaired) electrons. The molecule has 5 nitrogen and oxygen atoms in total. The van der Waals surface area contributed by atoms with E-state index in [1.54, 1.807) is 24.3 Å². The summed E-state index contributed by atoms with van der Waals surface area (Å²) in [7, 11) is -4.12. The fraction of sp³-hybridized carbons (Fsp3) is 0.0952. The number of hydrogen-bond acceptors (Lipinski definition) is 3. The second-order valence-corrected chi connectivity index (χ2v) is 8.40. The maximum Gasteiger partial charge on any atom is 0.339 e. The molecular weight excluding hydrogens is 398 g/mol. The lowest BCUT2D eigenvalue weighted by molar-refractivity contribution is 0.226. The lowest BCUT2D eigenvalue weighted by atomic mass is 10.2. The van der Waals surface area contributed by atoms with Crippen molar-refractivity contribution in [3.63, 3.8) is 0 Å². The van der Waals surface area contributed by atoms with Gasteiger partial charge < -0.3 is 0 Å². The monoisotopic (exact) mass is 414 g/mol. The van der Waals surface area contributed by atoms with Crippen LogP contribution < -0.4 is 4.90 Å². The van der Waals surface area contributed by atoms with Gasteiger partial charge in [-0.05, 0) is 35.9 Å². The van der Waals surface area contributed by atoms with E-state index in [0.717, 1.165) is 4.31 Å². The van der Waals surface area contributed by atoms with E-state index in [-0.39, 0.29) is 29.2 Å². The number of benzene rings is 3. The number of nitrogens with zero attached hydrogens (tertiary/aromatic N) is 2. The third-order valence-corrected chi connectivity index (χ3v) is 6.46. The predicted octanol–water partition coefficient (Wildman–Crippen LogP) is 4.30. The van der Waals surface area contributed by atoms with Gasteiger partial charge in [0.05, 0.1) is 18.8 Å². The molecule has 0 aliphatic carbocycles. The Hall–Kier alpha value is -3.26. The van der Waals surface area contributed by atoms with Crippen molar-refractivity contribution in [3.05, 3.63) is 95.6 Å². The number of hydrogen-bond donors (Lipinski definition) is 0. The van der Waals surface area contributed by atoms with E-state index in [1.807, 2.05) is 0 Å². The number of para-hydroxylation sites is 1. The van der Waals surface area contributed by atoms with Crippen molar-refractivity contribution < 1.29 is 22.0 Å². The molecule has 148 valence electrons. The van der Waals surface area contributed by atoms with Gasteiger partial charge in [-0.1, -0.05) is 42.5 Å². The zero-order chi connectivity index (χ0) is 20.6. The van der Waals surface area contributed by atoms with Crippen molar-refractivity contribution in [1.29, 1.82) is 0 Å². The van der Waals surface area contributed by atoms with Crippen LogP contribution in [0.25, 0.3) is 0 Å². The van der Waals surface area contributed by atoms with Gasteiger partial charge in [0.25, 0.3) is 10.0 Å². The number of sulfonamides is 1. The van der Waals surface area contributed by atoms with Crippen molar-refractivity contribution in [2.24, 2.45) is 0 Å². The van der Waals surface area contributed by atoms with E-state index >= 15 is 0 Å². The van der Waals surface area contributed by atoms with Gasteiger partial charge in [-0.25, -0.2) is 26.3 Å². The number of amides is 2. The Labute approximate surface area is 166 Å². The number of anilines is 1. The summed E-state index contributed by atoms with van der Waals surface area (Å²) < 4.78 is 54.3. The second kappa shape index (κ2) is 7.29. The van der Waals surface area contributed by atoms with Gasteiger partial charge in [0.15, 0.2) is 0 Å². The molecule has 2 amide bonds. The van der Waals surface area contributed by atoms with E-state index in [1.165, 1.54) is 53.4 Å². The molecule has 4 rings (SSSR count). The molecule has 0 aromatic heterocycles. The minimum Gasteiger partial charge on any atom is -0.288 e. The highest BCUT2D eigenvalue weighted by Gasteiger charge is 2.41. The van der Waals surface area contributed by atoms with Crippen molar-refractivity contribution in [3.8, 4) is 0 Å². The van der Waals surface area contributed by atoms with Gasteiger partial charge in [-0.15, -0.1) is 0 Å². The van der Waals surface area contributed by atoms with Crippen LogP contribution in [-0.4, -0.2) is 18.8 Å². The molecule has 1 aliphatic rings. The van der Waals surface area contributed by atoms with E-state index in [0.29, 0.717) is 5.56 Å². The maximum absolute atomic E-state index is 14.2. The molecule has 0 saturated carbocycles. The van der Waals surface area contributed by atoms with Crippen molar-refractivity contribution >= 4 is 21.7 Å². The fourth-order valence-electron chi connectivity index (χ4n) is 3.22. The smallest absolute Gasteiger partial charge is 0.288 e. The van der Waals surface area contributed by atoms with E-state index in [9.17, 15) is 22.0 Å². The zero-order valence-corrected chi connectivity index (χ0v) is 15.9. The minimum atomic E-state index is -4.12. The van der Waals surface area contributed by atoms with Crippen molar-refractivity contribution in [1.82, 2.24) is 4.31 Å². The van der Waals surface area contributed by atoms with Crippen LogP contribution in [-0.2, 0) is 23.1 Å². The zero-order valence-electron chi connectivity index (χ0n) is 15.1. The second-order valence-electron chi connectivity index (χ2n) is 6.57. The molecule has 0 fully saturated rings. The number of rotatable bonds is 4. The van der Waals surface area contributed by atoms with Gasteiger partial charge in [0, 0.05) is 5.56 Å². The van der Waals surface area contributed by atoms with Crippen LogP contribution >= 0.6 is 0 Å². The Morgan fingerprint density at radius 2 is 1.45 bits per heavy atom. The summed E-state index contributed by atoms with van der Waals surface area (Å²) in [5.41, 5.74) is 0.904. The molecule has 3 aromatic rings. The average molecular weight is 414 g/mol. The summed E-state index contributed by atoms with van der Waals surface area (Å²) in [4.78, 5) is 14.4. The van der Waals surface area contributed by atoms with Crippen LogP contribution in [0.1, 0.15) is 11.1 Å². The summed E-state index contributed by atoms with van der Waals surface area (Å²) in [6.45, 7) is -0.387. The van der Waals surface area contributed by atoms with Crippen LogP contribution in [0.4, 0.5) is 19.3 Å². The Morgan fingerprint density at radius 3 is 2.17 bits per heavy atom. The summed E-state index contributed by atoms with van der Waals surface area (Å²) in [6, 6.07) is 16.5. The fourth-order valence-corrected chi connectivity index (χ4v) is 4.77. The number of urea groups is 1. The summed E-state index contributed by atoms with van der Waals surface area (Å²) in [5.74, 6) is -0.954. The Bertz CT molecular complexity index is 1180. The van der Waals surface area contributed by atoms with Crippen LogP contribution in [0.2, 0.25) is 0 Å². The molecule has 0 N–H and O–H groups in total. The summed E-state index contributed by atoms with van der Waals surface area (Å²) >= 11 is 0. The maximum atomic E-state index is 14.2. The number of carbonyl (C=O) groups excluding carboxylic acids is 1. The number of carbonyl (C=O) groups is 1. The summed E-state index contributed by atoms with van der Waals surface area (Å²) in [6.07, 6.45) is 0. The van der Waals surface area contributed by atoms with E-state index < -0.39 is 27.7 Å². The Morgan fingerprint density at radius 1 is 0.793 bits per heavy atom. The van der Waals surface area contributed by atoms with Crippen LogP contribution in [0.5, 0.6) is 0 Å². The molecule has 29 heavy (non-hydrogen) atoms. The van der Waals surface area contributed by atoms with Gasteiger partial charge in [0.2, 0.25) is 0 Å². The molecule has 1 heterocycles. The third kappa shape index (κ3) is 3.47. The first-order chi connectivity index (χ1) is 13.9. The van der Waals surface area contributed by atoms with E-state index in [2.05, 4.69) is 0 Å². The molecule has 1 aliphatic heterocycles. The standard InChI is InChI=1S/C21H16F2N2O3S/c22-17-11-9-15(10-12-17)13-25-21(26)24(14-16-5-1-2-6-18(16)23)19-7-3-4-8-20(19)29(25,27)28/h1-12H,13-14H2. The molecule has 8 heteroatoms. The van der Waals surface area contributed by atoms with Crippen molar-refractivity contribution in [2.45, 2.75) is 18.0 Å². The highest BCUT2D eigenvalue weighted by molar-refractivity contribution is 7.90. The van der Waals surface area contributed by atoms with Gasteiger partial charge >= 0.3 is 6.03 Å². The topological polar surface area (TPSA) is 57.7 Å². The molecule has 0 atom stereocenters. The Balaban J connectivity index is 1.78. The lowest BCUT2D eigenvalue weighted by Gasteiger charge is -2.36. The van der Waals surface area contributed by atoms with Gasteiger partial charge in [-0.3, -0.25) is 4.90 Å². The predicted molar refractivity (Wildman–Crippen MR) is 104 cm³/mol. The Kier molecular flexibility index (Phi) is 4.79. The quantitative estimate of drug-likeness (QED) is 0.640. The molecule has 0 spiro atoms. The molecule has 0 unspecified atom stereocenters. The SMILES string of the molecule is O=C1N(Cc2ccccc2F)c2ccccc2S(=O)(=O)N1Cc1ccc(F)cc1. The highest BCUT2D eigenvalue weighted by atomic mass is 32.2. The molecule has 0 saturated heterocycles. The molecule has 0 bridgehead atoms. The van der Waals surface area contributed by atoms with Crippen LogP contribution in [0, 0.1) is 11.6 Å². The largest absolute Gasteiger partial charge is 0.339 e. The van der Waals surface area contributed by atoms with Crippen molar-refractivity contribution in [2.75, 3.05) is 4.90 Å². The molecular formula is C21H16F2N2O3S. The lowest BCUT2D eigenvalue weighted by Crippen LogP contribution is -2.50. The first-order valence-electron chi connectivity index (χ1n) is 8.79. The molecule has 3 aromatic carbocycles. The van der Waals surface area contributed by atoms with Gasteiger partial charge in [-0.2, -0.15) is 0 Å². The van der Waals surface area contributed by atoms with E-state index in [4.69, 9.17) is 0 Å². The third-order valence-electron chi connectivity index (χ3n) is 4.69. The minimum absolute atomic E-state index is 0.0435. The van der Waals surface area contributed by atoms with Gasteiger partial charge in [0.1, 0.15) is 16.5 Å². The summed E-state index contributed by atoms with van der Waals surface area (Å²) in [5, 5.41) is 0.